The molecule has 0 saturated heterocycles. The number of nitrogens with one attached hydrogen (secondary N) is 8. The molecule has 1 aromatic carbocycles. The summed E-state index contributed by atoms with van der Waals surface area (Å²) in [6.07, 6.45) is -1.65. The smallest absolute Gasteiger partial charge is 0.325 e. The standard InChI is InChI=1S/C51H86N16O14/c1-27(2)23-36(65-41(72)31(53)25-30-13-7-6-8-14-30)46(77)62-32(15-9-10-20-52)44(75)66-37(24-28(3)4)47(78)67-38(26-40(70)71)48(79)63-34(17-12-22-59-51(56)57)43(74)64-35(18-19-39(68)69)45(76)61-33(16-11-21-58-50(54)55)42(73)60-29(5)49(80)81/h6-8,13-14,27-29,31-38H,9-12,15-26,52-53H2,1-5H3,(H,60,73)(H,61,76)(H,62,77)(H,63,79)(H,64,74)(H,65,72)(H,66,75)(H,67,78)(H,68,69)(H,70,71)(H,80,81)(H4,54,55,58)(H4,56,57,59)/t29-,31-,32-,33-,34-,35-,36-,37-,38-/m0/s1. The number of aliphatic imine (C=N–C) groups is 2. The lowest BCUT2D eigenvalue weighted by Crippen LogP contribution is -2.60. The average molecular weight is 1150 g/mol. The molecule has 0 aliphatic heterocycles. The van der Waals surface area contributed by atoms with E-state index in [2.05, 4.69) is 52.5 Å². The van der Waals surface area contributed by atoms with Gasteiger partial charge in [-0.25, -0.2) is 0 Å². The molecule has 0 spiro atoms. The molecule has 8 amide bonds. The van der Waals surface area contributed by atoms with Crippen LogP contribution in [0.25, 0.3) is 0 Å². The summed E-state index contributed by atoms with van der Waals surface area (Å²) in [5.41, 5.74) is 34.5. The van der Waals surface area contributed by atoms with Crippen LogP contribution in [0.3, 0.4) is 0 Å². The maximum absolute atomic E-state index is 14.2. The minimum Gasteiger partial charge on any atom is -0.481 e. The lowest BCUT2D eigenvalue weighted by atomic mass is 9.99. The molecule has 9 atom stereocenters. The number of aliphatic carboxylic acids is 3. The summed E-state index contributed by atoms with van der Waals surface area (Å²) in [6.45, 7) is 8.39. The van der Waals surface area contributed by atoms with Crippen molar-refractivity contribution in [1.82, 2.24) is 42.5 Å². The van der Waals surface area contributed by atoms with E-state index >= 15 is 0 Å². The Balaban J connectivity index is 3.59. The van der Waals surface area contributed by atoms with Crippen molar-refractivity contribution in [3.05, 3.63) is 35.9 Å². The number of carbonyl (C=O) groups is 11. The van der Waals surface area contributed by atoms with E-state index in [0.717, 1.165) is 12.5 Å². The maximum Gasteiger partial charge on any atom is 0.325 e. The van der Waals surface area contributed by atoms with Crippen LogP contribution in [0.5, 0.6) is 0 Å². The van der Waals surface area contributed by atoms with Gasteiger partial charge in [0.05, 0.1) is 12.5 Å². The van der Waals surface area contributed by atoms with Crippen LogP contribution in [-0.2, 0) is 59.2 Å². The van der Waals surface area contributed by atoms with Crippen LogP contribution in [0.15, 0.2) is 40.3 Å². The van der Waals surface area contributed by atoms with Crippen LogP contribution in [-0.4, -0.2) is 166 Å². The first-order valence-corrected chi connectivity index (χ1v) is 26.7. The van der Waals surface area contributed by atoms with E-state index in [1.165, 1.54) is 0 Å². The highest BCUT2D eigenvalue weighted by Crippen LogP contribution is 2.13. The van der Waals surface area contributed by atoms with Gasteiger partial charge in [-0.1, -0.05) is 58.0 Å². The lowest BCUT2D eigenvalue weighted by Gasteiger charge is -2.28. The van der Waals surface area contributed by atoms with Crippen LogP contribution in [0, 0.1) is 11.8 Å². The minimum atomic E-state index is -1.93. The van der Waals surface area contributed by atoms with E-state index < -0.39 is 139 Å². The van der Waals surface area contributed by atoms with E-state index in [0.29, 0.717) is 12.8 Å². The van der Waals surface area contributed by atoms with Gasteiger partial charge in [-0.3, -0.25) is 62.7 Å². The number of unbranched alkanes of at least 4 members (excludes halogenated alkanes) is 1. The molecule has 0 aromatic heterocycles. The zero-order chi connectivity index (χ0) is 61.4. The fourth-order valence-electron chi connectivity index (χ4n) is 7.88. The molecular weight excluding hydrogens is 1060 g/mol. The van der Waals surface area contributed by atoms with Gasteiger partial charge in [0, 0.05) is 19.5 Å². The fraction of sp³-hybridized carbons (Fsp3) is 0.627. The van der Waals surface area contributed by atoms with E-state index in [-0.39, 0.29) is 94.8 Å². The molecule has 81 heavy (non-hydrogen) atoms. The highest BCUT2D eigenvalue weighted by molar-refractivity contribution is 5.99. The molecule has 23 N–H and O–H groups in total. The van der Waals surface area contributed by atoms with Gasteiger partial charge >= 0.3 is 17.9 Å². The Morgan fingerprint density at radius 1 is 0.469 bits per heavy atom. The van der Waals surface area contributed by atoms with Gasteiger partial charge in [0.15, 0.2) is 11.9 Å². The first-order chi connectivity index (χ1) is 38.0. The normalized spacial score (nSPS) is 14.3. The molecule has 1 aromatic rings. The number of benzene rings is 1. The lowest BCUT2D eigenvalue weighted by molar-refractivity contribution is -0.142. The molecular formula is C51H86N16O14. The Bertz CT molecular complexity index is 2310. The number of rotatable bonds is 40. The van der Waals surface area contributed by atoms with Crippen molar-refractivity contribution in [3.8, 4) is 0 Å². The first kappa shape index (κ1) is 70.9. The first-order valence-electron chi connectivity index (χ1n) is 26.7. The molecule has 0 bridgehead atoms. The van der Waals surface area contributed by atoms with Crippen LogP contribution in [0.4, 0.5) is 0 Å². The Labute approximate surface area is 470 Å². The molecule has 0 saturated carbocycles. The fourth-order valence-corrected chi connectivity index (χ4v) is 7.88. The van der Waals surface area contributed by atoms with Gasteiger partial charge in [0.25, 0.3) is 0 Å². The van der Waals surface area contributed by atoms with Crippen molar-refractivity contribution in [1.29, 1.82) is 0 Å². The zero-order valence-electron chi connectivity index (χ0n) is 46.7. The summed E-state index contributed by atoms with van der Waals surface area (Å²) in [5.74, 6) is -13.0. The monoisotopic (exact) mass is 1150 g/mol. The third-order valence-corrected chi connectivity index (χ3v) is 12.1. The summed E-state index contributed by atoms with van der Waals surface area (Å²) in [5, 5.41) is 48.6. The highest BCUT2D eigenvalue weighted by Gasteiger charge is 2.36. The molecule has 454 valence electrons. The van der Waals surface area contributed by atoms with Gasteiger partial charge in [0.2, 0.25) is 47.3 Å². The molecule has 30 heteroatoms. The average Bonchev–Trinajstić information content (AvgIpc) is 3.38. The summed E-state index contributed by atoms with van der Waals surface area (Å²) in [6, 6.07) is -4.05. The van der Waals surface area contributed by atoms with E-state index in [1.807, 2.05) is 19.9 Å². The van der Waals surface area contributed by atoms with Crippen molar-refractivity contribution in [2.24, 2.45) is 56.2 Å². The number of amides is 8. The van der Waals surface area contributed by atoms with Crippen molar-refractivity contribution in [2.45, 2.75) is 172 Å². The van der Waals surface area contributed by atoms with Crippen LogP contribution in [0.1, 0.15) is 117 Å². The Morgan fingerprint density at radius 2 is 0.840 bits per heavy atom. The Kier molecular flexibility index (Phi) is 33.0. The minimum absolute atomic E-state index is 0.0157. The molecule has 0 aliphatic carbocycles. The predicted molar refractivity (Wildman–Crippen MR) is 298 cm³/mol. The van der Waals surface area contributed by atoms with E-state index in [1.54, 1.807) is 38.1 Å². The topological polar surface area (TPSA) is 526 Å². The number of carbonyl (C=O) groups excluding carboxylic acids is 8. The number of carboxylic acid groups (broad SMARTS) is 3. The highest BCUT2D eigenvalue weighted by atomic mass is 16.4. The van der Waals surface area contributed by atoms with Crippen molar-refractivity contribution < 1.29 is 68.1 Å². The molecule has 0 fully saturated rings. The largest absolute Gasteiger partial charge is 0.481 e. The Morgan fingerprint density at radius 3 is 1.23 bits per heavy atom. The van der Waals surface area contributed by atoms with Crippen molar-refractivity contribution in [2.75, 3.05) is 19.6 Å². The number of hydrogen-bond donors (Lipinski definition) is 17. The predicted octanol–water partition coefficient (Wildman–Crippen LogP) is -3.79. The summed E-state index contributed by atoms with van der Waals surface area (Å²) in [7, 11) is 0. The van der Waals surface area contributed by atoms with Crippen LogP contribution >= 0.6 is 0 Å². The molecule has 0 radical (unpaired) electrons. The van der Waals surface area contributed by atoms with Gasteiger partial charge in [0.1, 0.15) is 48.3 Å². The van der Waals surface area contributed by atoms with Crippen LogP contribution in [0.2, 0.25) is 0 Å². The molecule has 1 rings (SSSR count). The summed E-state index contributed by atoms with van der Waals surface area (Å²) in [4.78, 5) is 154. The summed E-state index contributed by atoms with van der Waals surface area (Å²) < 4.78 is 0. The third-order valence-electron chi connectivity index (χ3n) is 12.1. The van der Waals surface area contributed by atoms with Crippen molar-refractivity contribution >= 4 is 77.1 Å². The summed E-state index contributed by atoms with van der Waals surface area (Å²) >= 11 is 0. The number of nitrogens with two attached hydrogens (primary N) is 6. The van der Waals surface area contributed by atoms with Gasteiger partial charge in [-0.2, -0.15) is 0 Å². The maximum atomic E-state index is 14.2. The van der Waals surface area contributed by atoms with Crippen molar-refractivity contribution in [3.63, 3.8) is 0 Å². The SMILES string of the molecule is CC(C)C[C@H](NC(=O)[C@H](CCCCN)NC(=O)[C@H](CC(C)C)NC(=O)[C@@H](N)Cc1ccccc1)C(=O)N[C@@H](CC(=O)O)C(=O)N[C@@H](CCCN=C(N)N)C(=O)N[C@@H](CCC(=O)O)C(=O)N[C@@H](CCCN=C(N)N)C(=O)N[C@@H](C)C(=O)O. The van der Waals surface area contributed by atoms with E-state index in [4.69, 9.17) is 34.4 Å². The molecule has 30 nitrogen and oxygen atoms in total. The number of hydrogen-bond acceptors (Lipinski definition) is 15. The van der Waals surface area contributed by atoms with E-state index in [9.17, 15) is 68.1 Å². The number of nitrogens with zero attached hydrogens (tertiary/aromatic N) is 2. The van der Waals surface area contributed by atoms with Gasteiger partial charge in [-0.05, 0) is 101 Å². The zero-order valence-corrected chi connectivity index (χ0v) is 46.7. The number of guanidine groups is 2. The second-order valence-electron chi connectivity index (χ2n) is 20.3. The third kappa shape index (κ3) is 30.1. The Hall–Kier alpha value is -8.15. The van der Waals surface area contributed by atoms with Gasteiger partial charge < -0.3 is 92.3 Å². The molecule has 0 heterocycles. The van der Waals surface area contributed by atoms with Crippen LogP contribution < -0.4 is 76.9 Å². The van der Waals surface area contributed by atoms with Gasteiger partial charge in [-0.15, -0.1) is 0 Å². The second kappa shape index (κ2) is 37.7. The quantitative estimate of drug-likeness (QED) is 0.0170. The number of carboxylic acids is 3. The molecule has 0 unspecified atom stereocenters. The molecule has 0 aliphatic rings. The second-order valence-corrected chi connectivity index (χ2v) is 20.3.